The monoisotopic (exact) mass is 319 g/mol. The molecule has 0 aliphatic rings. The average Bonchev–Trinajstić information content (AvgIpc) is 3.15. The summed E-state index contributed by atoms with van der Waals surface area (Å²) < 4.78 is 5.70. The van der Waals surface area contributed by atoms with Crippen LogP contribution in [0.3, 0.4) is 0 Å². The van der Waals surface area contributed by atoms with Crippen LogP contribution in [-0.2, 0) is 5.75 Å². The number of para-hydroxylation sites is 1. The van der Waals surface area contributed by atoms with Gasteiger partial charge in [0.1, 0.15) is 10.7 Å². The standard InChI is InChI=1S/C12H13N7S2/c1-2-13-11-10(14-18-21-11)8-20-12-15-16-17-19(12)9-6-4-3-5-7-9/h3-7,13H,2,8H2,1H3. The number of thioether (sulfide) groups is 1. The molecule has 21 heavy (non-hydrogen) atoms. The van der Waals surface area contributed by atoms with Crippen molar-refractivity contribution in [3.63, 3.8) is 0 Å². The van der Waals surface area contributed by atoms with Gasteiger partial charge in [0.2, 0.25) is 5.16 Å². The quantitative estimate of drug-likeness (QED) is 0.698. The van der Waals surface area contributed by atoms with Crippen molar-refractivity contribution in [2.24, 2.45) is 0 Å². The van der Waals surface area contributed by atoms with Gasteiger partial charge in [-0.05, 0) is 29.5 Å². The van der Waals surface area contributed by atoms with Gasteiger partial charge in [-0.25, -0.2) is 0 Å². The summed E-state index contributed by atoms with van der Waals surface area (Å²) in [7, 11) is 0. The van der Waals surface area contributed by atoms with Crippen LogP contribution in [0.4, 0.5) is 5.00 Å². The van der Waals surface area contributed by atoms with E-state index < -0.39 is 0 Å². The molecule has 0 fully saturated rings. The van der Waals surface area contributed by atoms with Crippen molar-refractivity contribution in [1.82, 2.24) is 29.8 Å². The van der Waals surface area contributed by atoms with Crippen LogP contribution >= 0.6 is 23.3 Å². The summed E-state index contributed by atoms with van der Waals surface area (Å²) >= 11 is 2.91. The smallest absolute Gasteiger partial charge is 0.214 e. The van der Waals surface area contributed by atoms with E-state index in [-0.39, 0.29) is 0 Å². The van der Waals surface area contributed by atoms with E-state index in [2.05, 4.69) is 30.4 Å². The van der Waals surface area contributed by atoms with Crippen LogP contribution in [0.15, 0.2) is 35.5 Å². The third kappa shape index (κ3) is 3.19. The molecule has 1 aromatic carbocycles. The van der Waals surface area contributed by atoms with Gasteiger partial charge in [-0.3, -0.25) is 0 Å². The summed E-state index contributed by atoms with van der Waals surface area (Å²) in [5.74, 6) is 0.673. The summed E-state index contributed by atoms with van der Waals surface area (Å²) in [4.78, 5) is 0. The topological polar surface area (TPSA) is 81.4 Å². The number of tetrazole rings is 1. The Balaban J connectivity index is 1.75. The molecule has 2 aromatic heterocycles. The zero-order valence-corrected chi connectivity index (χ0v) is 12.9. The van der Waals surface area contributed by atoms with E-state index in [0.29, 0.717) is 5.75 Å². The van der Waals surface area contributed by atoms with E-state index in [1.165, 1.54) is 23.3 Å². The second kappa shape index (κ2) is 6.64. The van der Waals surface area contributed by atoms with Crippen LogP contribution in [0.1, 0.15) is 12.6 Å². The normalized spacial score (nSPS) is 10.7. The number of rotatable bonds is 6. The van der Waals surface area contributed by atoms with Gasteiger partial charge in [0.05, 0.1) is 5.69 Å². The predicted molar refractivity (Wildman–Crippen MR) is 82.8 cm³/mol. The minimum atomic E-state index is 0.673. The molecule has 0 amide bonds. The van der Waals surface area contributed by atoms with E-state index in [1.54, 1.807) is 4.68 Å². The zero-order chi connectivity index (χ0) is 14.5. The van der Waals surface area contributed by atoms with Crippen molar-refractivity contribution in [2.45, 2.75) is 17.8 Å². The fourth-order valence-corrected chi connectivity index (χ4v) is 3.30. The molecule has 3 aromatic rings. The zero-order valence-electron chi connectivity index (χ0n) is 11.3. The Labute approximate surface area is 129 Å². The van der Waals surface area contributed by atoms with Gasteiger partial charge in [-0.2, -0.15) is 4.68 Å². The molecule has 3 rings (SSSR count). The van der Waals surface area contributed by atoms with E-state index in [1.807, 2.05) is 37.3 Å². The van der Waals surface area contributed by atoms with Gasteiger partial charge in [-0.15, -0.1) is 10.2 Å². The molecule has 0 saturated carbocycles. The molecule has 0 spiro atoms. The number of nitrogens with one attached hydrogen (secondary N) is 1. The highest BCUT2D eigenvalue weighted by Crippen LogP contribution is 2.26. The molecule has 0 bridgehead atoms. The maximum absolute atomic E-state index is 4.14. The predicted octanol–water partition coefficient (Wildman–Crippen LogP) is 2.24. The minimum absolute atomic E-state index is 0.673. The molecule has 0 aliphatic heterocycles. The number of hydrogen-bond donors (Lipinski definition) is 1. The summed E-state index contributed by atoms with van der Waals surface area (Å²) in [6.45, 7) is 2.90. The lowest BCUT2D eigenvalue weighted by Gasteiger charge is -2.04. The first kappa shape index (κ1) is 14.0. The number of hydrogen-bond acceptors (Lipinski definition) is 8. The van der Waals surface area contributed by atoms with Gasteiger partial charge < -0.3 is 5.32 Å². The molecule has 2 heterocycles. The Kier molecular flexibility index (Phi) is 4.41. The maximum Gasteiger partial charge on any atom is 0.214 e. The molecule has 0 aliphatic carbocycles. The van der Waals surface area contributed by atoms with Crippen molar-refractivity contribution >= 4 is 28.3 Å². The largest absolute Gasteiger partial charge is 0.374 e. The Bertz CT molecular complexity index is 694. The second-order valence-corrected chi connectivity index (χ2v) is 5.77. The molecule has 108 valence electrons. The van der Waals surface area contributed by atoms with Crippen LogP contribution in [0, 0.1) is 0 Å². The summed E-state index contributed by atoms with van der Waals surface area (Å²) in [5, 5.41) is 21.0. The summed E-state index contributed by atoms with van der Waals surface area (Å²) in [6, 6.07) is 9.81. The lowest BCUT2D eigenvalue weighted by molar-refractivity contribution is 0.756. The van der Waals surface area contributed by atoms with E-state index in [4.69, 9.17) is 0 Å². The Morgan fingerprint density at radius 1 is 1.24 bits per heavy atom. The fraction of sp³-hybridized carbons (Fsp3) is 0.250. The van der Waals surface area contributed by atoms with Crippen LogP contribution < -0.4 is 5.32 Å². The first-order valence-electron chi connectivity index (χ1n) is 6.40. The van der Waals surface area contributed by atoms with E-state index in [0.717, 1.165) is 28.1 Å². The number of aromatic nitrogens is 6. The third-order valence-electron chi connectivity index (χ3n) is 2.67. The first-order chi connectivity index (χ1) is 10.4. The van der Waals surface area contributed by atoms with Gasteiger partial charge in [0.25, 0.3) is 0 Å². The summed E-state index contributed by atoms with van der Waals surface area (Å²) in [6.07, 6.45) is 0. The van der Waals surface area contributed by atoms with Crippen molar-refractivity contribution in [1.29, 1.82) is 0 Å². The van der Waals surface area contributed by atoms with Crippen molar-refractivity contribution in [2.75, 3.05) is 11.9 Å². The molecule has 0 unspecified atom stereocenters. The van der Waals surface area contributed by atoms with Crippen LogP contribution in [-0.4, -0.2) is 36.3 Å². The Morgan fingerprint density at radius 2 is 2.10 bits per heavy atom. The molecule has 9 heteroatoms. The molecule has 0 saturated heterocycles. The summed E-state index contributed by atoms with van der Waals surface area (Å²) in [5.41, 5.74) is 1.86. The van der Waals surface area contributed by atoms with Crippen molar-refractivity contribution < 1.29 is 0 Å². The van der Waals surface area contributed by atoms with Crippen molar-refractivity contribution in [3.05, 3.63) is 36.0 Å². The second-order valence-electron chi connectivity index (χ2n) is 4.08. The van der Waals surface area contributed by atoms with Gasteiger partial charge >= 0.3 is 0 Å². The molecular weight excluding hydrogens is 306 g/mol. The van der Waals surface area contributed by atoms with Crippen LogP contribution in [0.2, 0.25) is 0 Å². The van der Waals surface area contributed by atoms with Gasteiger partial charge in [0.15, 0.2) is 0 Å². The number of anilines is 1. The minimum Gasteiger partial charge on any atom is -0.374 e. The van der Waals surface area contributed by atoms with Gasteiger partial charge in [-0.1, -0.05) is 34.4 Å². The Morgan fingerprint density at radius 3 is 2.90 bits per heavy atom. The average molecular weight is 319 g/mol. The lowest BCUT2D eigenvalue weighted by Crippen LogP contribution is -2.00. The highest BCUT2D eigenvalue weighted by molar-refractivity contribution is 7.98. The Hall–Kier alpha value is -2.00. The van der Waals surface area contributed by atoms with Crippen LogP contribution in [0.5, 0.6) is 0 Å². The molecular formula is C12H13N7S2. The molecule has 7 nitrogen and oxygen atoms in total. The van der Waals surface area contributed by atoms with Crippen molar-refractivity contribution in [3.8, 4) is 5.69 Å². The van der Waals surface area contributed by atoms with E-state index in [9.17, 15) is 0 Å². The first-order valence-corrected chi connectivity index (χ1v) is 8.16. The lowest BCUT2D eigenvalue weighted by atomic mass is 10.3. The van der Waals surface area contributed by atoms with E-state index >= 15 is 0 Å². The molecule has 0 radical (unpaired) electrons. The number of nitrogens with zero attached hydrogens (tertiary/aromatic N) is 6. The maximum atomic E-state index is 4.14. The fourth-order valence-electron chi connectivity index (χ4n) is 1.73. The highest BCUT2D eigenvalue weighted by atomic mass is 32.2. The molecule has 1 N–H and O–H groups in total. The highest BCUT2D eigenvalue weighted by Gasteiger charge is 2.12. The third-order valence-corrected chi connectivity index (χ3v) is 4.33. The number of benzene rings is 1. The van der Waals surface area contributed by atoms with Gasteiger partial charge in [0, 0.05) is 23.8 Å². The molecule has 0 atom stereocenters. The van der Waals surface area contributed by atoms with Crippen LogP contribution in [0.25, 0.3) is 5.69 Å². The SMILES string of the molecule is CCNc1snnc1CSc1nnnn1-c1ccccc1.